The molecule has 1 N–H and O–H groups in total. The number of hydrogen-bond acceptors (Lipinski definition) is 2. The van der Waals surface area contributed by atoms with Crippen molar-refractivity contribution in [2.24, 2.45) is 0 Å². The van der Waals surface area contributed by atoms with Crippen LogP contribution in [0.4, 0.5) is 10.5 Å². The fourth-order valence-corrected chi connectivity index (χ4v) is 3.54. The first-order valence-electron chi connectivity index (χ1n) is 7.31. The molecule has 0 bridgehead atoms. The smallest absolute Gasteiger partial charge is 0.321 e. The summed E-state index contributed by atoms with van der Waals surface area (Å²) in [6, 6.07) is 15.7. The summed E-state index contributed by atoms with van der Waals surface area (Å²) in [4.78, 5) is 16.0. The SMILES string of the molecule is O=C(Nc1ccc(Sc2ccccc2)c(Cl)c1)N1CCCC1. The molecule has 22 heavy (non-hydrogen) atoms. The number of carbonyl (C=O) groups excluding carboxylic acids is 1. The maximum Gasteiger partial charge on any atom is 0.321 e. The van der Waals surface area contributed by atoms with E-state index in [9.17, 15) is 4.79 Å². The topological polar surface area (TPSA) is 32.3 Å². The van der Waals surface area contributed by atoms with Gasteiger partial charge in [-0.1, -0.05) is 41.6 Å². The van der Waals surface area contributed by atoms with Crippen LogP contribution in [-0.4, -0.2) is 24.0 Å². The first-order valence-corrected chi connectivity index (χ1v) is 8.50. The van der Waals surface area contributed by atoms with Gasteiger partial charge in [0.2, 0.25) is 0 Å². The summed E-state index contributed by atoms with van der Waals surface area (Å²) in [5.74, 6) is 0. The van der Waals surface area contributed by atoms with Crippen molar-refractivity contribution in [3.63, 3.8) is 0 Å². The minimum Gasteiger partial charge on any atom is -0.325 e. The molecule has 2 aromatic carbocycles. The summed E-state index contributed by atoms with van der Waals surface area (Å²) in [7, 11) is 0. The lowest BCUT2D eigenvalue weighted by molar-refractivity contribution is 0.222. The molecule has 1 aliphatic rings. The van der Waals surface area contributed by atoms with Crippen LogP contribution in [0.3, 0.4) is 0 Å². The van der Waals surface area contributed by atoms with Crippen molar-refractivity contribution in [3.8, 4) is 0 Å². The maximum atomic E-state index is 12.1. The second kappa shape index (κ2) is 7.07. The molecule has 0 saturated carbocycles. The first kappa shape index (κ1) is 15.3. The highest BCUT2D eigenvalue weighted by Crippen LogP contribution is 2.34. The predicted molar refractivity (Wildman–Crippen MR) is 91.8 cm³/mol. The molecule has 0 atom stereocenters. The van der Waals surface area contributed by atoms with Crippen LogP contribution in [0.1, 0.15) is 12.8 Å². The van der Waals surface area contributed by atoms with Crippen molar-refractivity contribution in [3.05, 3.63) is 53.6 Å². The molecule has 3 rings (SSSR count). The minimum absolute atomic E-state index is 0.0444. The lowest BCUT2D eigenvalue weighted by Gasteiger charge is -2.16. The van der Waals surface area contributed by atoms with Gasteiger partial charge in [0, 0.05) is 28.6 Å². The number of carbonyl (C=O) groups is 1. The molecule has 2 aromatic rings. The summed E-state index contributed by atoms with van der Waals surface area (Å²) in [6.45, 7) is 1.67. The highest BCUT2D eigenvalue weighted by atomic mass is 35.5. The lowest BCUT2D eigenvalue weighted by atomic mass is 10.3. The molecule has 5 heteroatoms. The molecule has 1 heterocycles. The van der Waals surface area contributed by atoms with Crippen molar-refractivity contribution in [1.29, 1.82) is 0 Å². The molecular formula is C17H17ClN2OS. The van der Waals surface area contributed by atoms with E-state index in [-0.39, 0.29) is 6.03 Å². The van der Waals surface area contributed by atoms with Gasteiger partial charge in [0.05, 0.1) is 5.02 Å². The van der Waals surface area contributed by atoms with Crippen LogP contribution < -0.4 is 5.32 Å². The van der Waals surface area contributed by atoms with Gasteiger partial charge >= 0.3 is 6.03 Å². The standard InChI is InChI=1S/C17H17ClN2OS/c18-15-12-13(19-17(21)20-10-4-5-11-20)8-9-16(15)22-14-6-2-1-3-7-14/h1-3,6-9,12H,4-5,10-11H2,(H,19,21). The van der Waals surface area contributed by atoms with Gasteiger partial charge in [0.25, 0.3) is 0 Å². The van der Waals surface area contributed by atoms with Gasteiger partial charge in [-0.25, -0.2) is 4.79 Å². The Morgan fingerprint density at radius 3 is 2.50 bits per heavy atom. The first-order chi connectivity index (χ1) is 10.7. The largest absolute Gasteiger partial charge is 0.325 e. The van der Waals surface area contributed by atoms with Crippen LogP contribution in [0.5, 0.6) is 0 Å². The Bertz CT molecular complexity index is 657. The van der Waals surface area contributed by atoms with Crippen LogP contribution in [0, 0.1) is 0 Å². The molecule has 0 unspecified atom stereocenters. The molecule has 0 aromatic heterocycles. The average Bonchev–Trinajstić information content (AvgIpc) is 3.05. The number of likely N-dealkylation sites (tertiary alicyclic amines) is 1. The van der Waals surface area contributed by atoms with Gasteiger partial charge in [-0.3, -0.25) is 0 Å². The third kappa shape index (κ3) is 3.76. The van der Waals surface area contributed by atoms with E-state index < -0.39 is 0 Å². The number of hydrogen-bond donors (Lipinski definition) is 1. The highest BCUT2D eigenvalue weighted by molar-refractivity contribution is 7.99. The van der Waals surface area contributed by atoms with Crippen molar-refractivity contribution < 1.29 is 4.79 Å². The molecule has 0 aliphatic carbocycles. The van der Waals surface area contributed by atoms with Gasteiger partial charge in [0.15, 0.2) is 0 Å². The third-order valence-corrected chi connectivity index (χ3v) is 5.06. The number of nitrogens with zero attached hydrogens (tertiary/aromatic N) is 1. The molecule has 3 nitrogen and oxygen atoms in total. The monoisotopic (exact) mass is 332 g/mol. The Morgan fingerprint density at radius 2 is 1.82 bits per heavy atom. The Hall–Kier alpha value is -1.65. The Morgan fingerprint density at radius 1 is 1.09 bits per heavy atom. The number of amides is 2. The molecule has 1 aliphatic heterocycles. The van der Waals surface area contributed by atoms with Gasteiger partial charge in [-0.2, -0.15) is 0 Å². The minimum atomic E-state index is -0.0444. The molecule has 0 radical (unpaired) electrons. The van der Waals surface area contributed by atoms with Gasteiger partial charge in [-0.15, -0.1) is 0 Å². The summed E-state index contributed by atoms with van der Waals surface area (Å²) >= 11 is 7.95. The second-order valence-corrected chi connectivity index (χ2v) is 6.71. The summed E-state index contributed by atoms with van der Waals surface area (Å²) in [6.07, 6.45) is 2.17. The predicted octanol–water partition coefficient (Wildman–Crippen LogP) is 5.12. The maximum absolute atomic E-state index is 12.1. The number of nitrogens with one attached hydrogen (secondary N) is 1. The lowest BCUT2D eigenvalue weighted by Crippen LogP contribution is -2.32. The van der Waals surface area contributed by atoms with E-state index in [2.05, 4.69) is 5.32 Å². The van der Waals surface area contributed by atoms with Gasteiger partial charge < -0.3 is 10.2 Å². The number of halogens is 1. The zero-order chi connectivity index (χ0) is 15.4. The fourth-order valence-electron chi connectivity index (χ4n) is 2.40. The molecular weight excluding hydrogens is 316 g/mol. The second-order valence-electron chi connectivity index (χ2n) is 5.18. The zero-order valence-electron chi connectivity index (χ0n) is 12.1. The van der Waals surface area contributed by atoms with E-state index in [1.807, 2.05) is 47.4 Å². The van der Waals surface area contributed by atoms with E-state index in [4.69, 9.17) is 11.6 Å². The van der Waals surface area contributed by atoms with E-state index in [0.29, 0.717) is 5.02 Å². The molecule has 1 saturated heterocycles. The van der Waals surface area contributed by atoms with Crippen molar-refractivity contribution in [2.45, 2.75) is 22.6 Å². The van der Waals surface area contributed by atoms with E-state index in [1.54, 1.807) is 17.8 Å². The van der Waals surface area contributed by atoms with Crippen LogP contribution in [-0.2, 0) is 0 Å². The summed E-state index contributed by atoms with van der Waals surface area (Å²) in [5.41, 5.74) is 0.735. The van der Waals surface area contributed by atoms with Crippen LogP contribution >= 0.6 is 23.4 Å². The van der Waals surface area contributed by atoms with E-state index in [1.165, 1.54) is 0 Å². The van der Waals surface area contributed by atoms with Crippen molar-refractivity contribution in [1.82, 2.24) is 4.90 Å². The normalized spacial score (nSPS) is 14.1. The van der Waals surface area contributed by atoms with Crippen LogP contribution in [0.15, 0.2) is 58.3 Å². The van der Waals surface area contributed by atoms with E-state index >= 15 is 0 Å². The van der Waals surface area contributed by atoms with Gasteiger partial charge in [-0.05, 0) is 43.2 Å². The van der Waals surface area contributed by atoms with E-state index in [0.717, 1.165) is 41.4 Å². The van der Waals surface area contributed by atoms with Crippen molar-refractivity contribution in [2.75, 3.05) is 18.4 Å². The fraction of sp³-hybridized carbons (Fsp3) is 0.235. The summed E-state index contributed by atoms with van der Waals surface area (Å²) in [5, 5.41) is 3.56. The quantitative estimate of drug-likeness (QED) is 0.846. The average molecular weight is 333 g/mol. The number of rotatable bonds is 3. The molecule has 1 fully saturated rings. The van der Waals surface area contributed by atoms with Crippen LogP contribution in [0.25, 0.3) is 0 Å². The number of benzene rings is 2. The Labute approximate surface area is 139 Å². The molecule has 2 amide bonds. The Balaban J connectivity index is 1.68. The highest BCUT2D eigenvalue weighted by Gasteiger charge is 2.18. The molecule has 114 valence electrons. The van der Waals surface area contributed by atoms with Crippen molar-refractivity contribution >= 4 is 35.1 Å². The van der Waals surface area contributed by atoms with Crippen LogP contribution in [0.2, 0.25) is 5.02 Å². The third-order valence-electron chi connectivity index (χ3n) is 3.55. The molecule has 0 spiro atoms. The Kier molecular flexibility index (Phi) is 4.90. The number of anilines is 1. The van der Waals surface area contributed by atoms with Gasteiger partial charge in [0.1, 0.15) is 0 Å². The zero-order valence-corrected chi connectivity index (χ0v) is 13.7. The summed E-state index contributed by atoms with van der Waals surface area (Å²) < 4.78 is 0. The number of urea groups is 1.